The van der Waals surface area contributed by atoms with Gasteiger partial charge in [0.1, 0.15) is 4.90 Å². The van der Waals surface area contributed by atoms with Crippen LogP contribution in [0.2, 0.25) is 10.0 Å². The molecule has 2 aromatic carbocycles. The molecule has 0 aliphatic heterocycles. The highest BCUT2D eigenvalue weighted by Crippen LogP contribution is 2.28. The van der Waals surface area contributed by atoms with Gasteiger partial charge in [0.25, 0.3) is 0 Å². The van der Waals surface area contributed by atoms with Gasteiger partial charge < -0.3 is 10.1 Å². The van der Waals surface area contributed by atoms with Crippen molar-refractivity contribution in [2.75, 3.05) is 13.7 Å². The van der Waals surface area contributed by atoms with E-state index in [4.69, 9.17) is 23.2 Å². The first-order valence-electron chi connectivity index (χ1n) is 8.12. The monoisotopic (exact) mass is 444 g/mol. The fourth-order valence-electron chi connectivity index (χ4n) is 2.28. The molecule has 0 radical (unpaired) electrons. The predicted octanol–water partition coefficient (Wildman–Crippen LogP) is 2.76. The number of methoxy groups -OCH3 is 1. The summed E-state index contributed by atoms with van der Waals surface area (Å²) >= 11 is 11.8. The lowest BCUT2D eigenvalue weighted by atomic mass is 10.1. The van der Waals surface area contributed by atoms with Crippen LogP contribution in [0, 0.1) is 0 Å². The maximum atomic E-state index is 12.3. The van der Waals surface area contributed by atoms with Gasteiger partial charge in [-0.15, -0.1) is 0 Å². The average Bonchev–Trinajstić information content (AvgIpc) is 2.65. The van der Waals surface area contributed by atoms with Crippen molar-refractivity contribution in [2.45, 2.75) is 17.9 Å². The van der Waals surface area contributed by atoms with Gasteiger partial charge in [-0.25, -0.2) is 17.9 Å². The zero-order chi connectivity index (χ0) is 20.7. The fraction of sp³-hybridized carbons (Fsp3) is 0.222. The van der Waals surface area contributed by atoms with Gasteiger partial charge in [0, 0.05) is 19.5 Å². The Kier molecular flexibility index (Phi) is 7.82. The molecule has 0 aliphatic rings. The first-order chi connectivity index (χ1) is 13.2. The molecule has 0 atom stereocenters. The van der Waals surface area contributed by atoms with E-state index in [0.717, 1.165) is 5.56 Å². The van der Waals surface area contributed by atoms with Crippen LogP contribution in [0.1, 0.15) is 22.3 Å². The van der Waals surface area contributed by atoms with E-state index >= 15 is 0 Å². The molecule has 10 heteroatoms. The Labute approximate surface area is 173 Å². The third-order valence-corrected chi connectivity index (χ3v) is 6.11. The lowest BCUT2D eigenvalue weighted by Gasteiger charge is -2.10. The quantitative estimate of drug-likeness (QED) is 0.609. The molecule has 0 aromatic heterocycles. The molecule has 0 heterocycles. The lowest BCUT2D eigenvalue weighted by molar-refractivity contribution is -0.121. The van der Waals surface area contributed by atoms with Crippen LogP contribution in [0.3, 0.4) is 0 Å². The summed E-state index contributed by atoms with van der Waals surface area (Å²) in [5.74, 6) is -0.786. The molecule has 0 unspecified atom stereocenters. The van der Waals surface area contributed by atoms with Gasteiger partial charge in [0.15, 0.2) is 0 Å². The van der Waals surface area contributed by atoms with Crippen LogP contribution in [-0.2, 0) is 26.1 Å². The maximum absolute atomic E-state index is 12.3. The Morgan fingerprint density at radius 2 is 1.64 bits per heavy atom. The number of hydrogen-bond acceptors (Lipinski definition) is 5. The van der Waals surface area contributed by atoms with Gasteiger partial charge in [-0.2, -0.15) is 0 Å². The molecule has 0 saturated carbocycles. The van der Waals surface area contributed by atoms with Gasteiger partial charge in [-0.1, -0.05) is 41.4 Å². The standard InChI is InChI=1S/C18H18Cl2N2O5S/c1-27-18(24)13-7-5-12(6-8-13)11-21-16(23)9-10-22-28(25,26)17-14(19)3-2-4-15(17)20/h2-8,22H,9-11H2,1H3,(H,21,23). The normalized spacial score (nSPS) is 11.1. The number of carbonyl (C=O) groups is 2. The van der Waals surface area contributed by atoms with E-state index in [1.54, 1.807) is 24.3 Å². The molecule has 28 heavy (non-hydrogen) atoms. The minimum absolute atomic E-state index is 0.000136. The van der Waals surface area contributed by atoms with Gasteiger partial charge >= 0.3 is 5.97 Å². The number of ether oxygens (including phenoxy) is 1. The number of sulfonamides is 1. The molecule has 0 saturated heterocycles. The van der Waals surface area contributed by atoms with E-state index in [9.17, 15) is 18.0 Å². The SMILES string of the molecule is COC(=O)c1ccc(CNC(=O)CCNS(=O)(=O)c2c(Cl)cccc2Cl)cc1. The van der Waals surface area contributed by atoms with Gasteiger partial charge in [0.2, 0.25) is 15.9 Å². The lowest BCUT2D eigenvalue weighted by Crippen LogP contribution is -2.30. The van der Waals surface area contributed by atoms with Crippen molar-refractivity contribution in [1.29, 1.82) is 0 Å². The summed E-state index contributed by atoms with van der Waals surface area (Å²) in [5, 5.41) is 2.67. The number of halogens is 2. The largest absolute Gasteiger partial charge is 0.465 e. The molecule has 0 spiro atoms. The van der Waals surface area contributed by atoms with E-state index in [2.05, 4.69) is 14.8 Å². The van der Waals surface area contributed by atoms with Crippen molar-refractivity contribution in [3.05, 3.63) is 63.6 Å². The topological polar surface area (TPSA) is 102 Å². The van der Waals surface area contributed by atoms with Crippen molar-refractivity contribution >= 4 is 45.1 Å². The number of nitrogens with one attached hydrogen (secondary N) is 2. The summed E-state index contributed by atoms with van der Waals surface area (Å²) in [4.78, 5) is 23.1. The summed E-state index contributed by atoms with van der Waals surface area (Å²) in [6, 6.07) is 10.9. The number of rotatable bonds is 8. The van der Waals surface area contributed by atoms with E-state index in [0.29, 0.717) is 5.56 Å². The van der Waals surface area contributed by atoms with E-state index in [1.165, 1.54) is 25.3 Å². The van der Waals surface area contributed by atoms with Crippen molar-refractivity contribution in [2.24, 2.45) is 0 Å². The van der Waals surface area contributed by atoms with E-state index in [-0.39, 0.29) is 40.4 Å². The minimum Gasteiger partial charge on any atom is -0.465 e. The van der Waals surface area contributed by atoms with E-state index < -0.39 is 16.0 Å². The highest BCUT2D eigenvalue weighted by molar-refractivity contribution is 7.89. The first kappa shape index (κ1) is 22.2. The second kappa shape index (κ2) is 9.88. The minimum atomic E-state index is -3.94. The summed E-state index contributed by atoms with van der Waals surface area (Å²) in [5.41, 5.74) is 1.19. The van der Waals surface area contributed by atoms with Crippen LogP contribution in [0.5, 0.6) is 0 Å². The second-order valence-electron chi connectivity index (χ2n) is 5.66. The molecule has 0 bridgehead atoms. The molecule has 7 nitrogen and oxygen atoms in total. The number of esters is 1. The van der Waals surface area contributed by atoms with Crippen LogP contribution >= 0.6 is 23.2 Å². The Morgan fingerprint density at radius 1 is 1.04 bits per heavy atom. The molecule has 2 N–H and O–H groups in total. The highest BCUT2D eigenvalue weighted by atomic mass is 35.5. The van der Waals surface area contributed by atoms with Gasteiger partial charge in [-0.3, -0.25) is 4.79 Å². The third kappa shape index (κ3) is 5.93. The molecule has 2 rings (SSSR count). The molecular weight excluding hydrogens is 427 g/mol. The molecule has 150 valence electrons. The van der Waals surface area contributed by atoms with Crippen molar-refractivity contribution in [1.82, 2.24) is 10.0 Å². The van der Waals surface area contributed by atoms with Crippen LogP contribution in [-0.4, -0.2) is 33.9 Å². The maximum Gasteiger partial charge on any atom is 0.337 e. The highest BCUT2D eigenvalue weighted by Gasteiger charge is 2.21. The fourth-order valence-corrected chi connectivity index (χ4v) is 4.45. The zero-order valence-electron chi connectivity index (χ0n) is 14.9. The second-order valence-corrected chi connectivity index (χ2v) is 8.18. The Bertz CT molecular complexity index is 942. The summed E-state index contributed by atoms with van der Waals surface area (Å²) in [6.07, 6.45) is -0.0679. The number of hydrogen-bond donors (Lipinski definition) is 2. The number of carbonyl (C=O) groups excluding carboxylic acids is 2. The third-order valence-electron chi connectivity index (χ3n) is 3.70. The molecule has 0 fully saturated rings. The van der Waals surface area contributed by atoms with E-state index in [1.807, 2.05) is 0 Å². The van der Waals surface area contributed by atoms with Gasteiger partial charge in [0.05, 0.1) is 22.7 Å². The van der Waals surface area contributed by atoms with Gasteiger partial charge in [-0.05, 0) is 29.8 Å². The van der Waals surface area contributed by atoms with Crippen LogP contribution in [0.15, 0.2) is 47.4 Å². The van der Waals surface area contributed by atoms with Crippen molar-refractivity contribution in [3.63, 3.8) is 0 Å². The zero-order valence-corrected chi connectivity index (χ0v) is 17.2. The van der Waals surface area contributed by atoms with Crippen molar-refractivity contribution in [3.8, 4) is 0 Å². The van der Waals surface area contributed by atoms with Crippen LogP contribution < -0.4 is 10.0 Å². The Morgan fingerprint density at radius 3 is 2.21 bits per heavy atom. The molecule has 1 amide bonds. The summed E-state index contributed by atoms with van der Waals surface area (Å²) in [7, 11) is -2.64. The summed E-state index contributed by atoms with van der Waals surface area (Å²) in [6.45, 7) is 0.125. The van der Waals surface area contributed by atoms with Crippen LogP contribution in [0.25, 0.3) is 0 Å². The van der Waals surface area contributed by atoms with Crippen LogP contribution in [0.4, 0.5) is 0 Å². The Hall–Kier alpha value is -2.13. The average molecular weight is 445 g/mol. The number of amides is 1. The molecule has 0 aliphatic carbocycles. The molecule has 2 aromatic rings. The Balaban J connectivity index is 1.83. The first-order valence-corrected chi connectivity index (χ1v) is 10.4. The number of benzene rings is 2. The van der Waals surface area contributed by atoms with Crippen molar-refractivity contribution < 1.29 is 22.7 Å². The summed E-state index contributed by atoms with van der Waals surface area (Å²) < 4.78 is 31.5. The predicted molar refractivity (Wildman–Crippen MR) is 106 cm³/mol. The molecular formula is C18H18Cl2N2O5S. The smallest absolute Gasteiger partial charge is 0.337 e.